The summed E-state index contributed by atoms with van der Waals surface area (Å²) in [6.45, 7) is 1.87. The Hall–Kier alpha value is -0.740. The van der Waals surface area contributed by atoms with Crippen molar-refractivity contribution in [2.75, 3.05) is 0 Å². The van der Waals surface area contributed by atoms with Gasteiger partial charge in [0.25, 0.3) is 0 Å². The largest absolute Gasteiger partial charge is 0.381 e. The summed E-state index contributed by atoms with van der Waals surface area (Å²) < 4.78 is 0.856. The fraction of sp³-hybridized carbons (Fsp3) is 0.500. The molecule has 0 aromatic heterocycles. The number of carbonyl (C=O) groups excluding carboxylic acids is 2. The van der Waals surface area contributed by atoms with Crippen molar-refractivity contribution in [3.63, 3.8) is 0 Å². The Bertz CT molecular complexity index is 348. The van der Waals surface area contributed by atoms with E-state index in [1.165, 1.54) is 0 Å². The molecule has 1 rings (SSSR count). The highest BCUT2D eigenvalue weighted by Crippen LogP contribution is 2.40. The lowest BCUT2D eigenvalue weighted by Gasteiger charge is -2.38. The van der Waals surface area contributed by atoms with Crippen molar-refractivity contribution in [3.8, 4) is 0 Å². The maximum atomic E-state index is 11.3. The van der Waals surface area contributed by atoms with Gasteiger partial charge < -0.3 is 14.7 Å². The first-order valence-corrected chi connectivity index (χ1v) is 6.03. The van der Waals surface area contributed by atoms with Crippen LogP contribution < -0.4 is 0 Å². The number of allylic oxidation sites excluding steroid dienone is 3. The van der Waals surface area contributed by atoms with E-state index in [1.54, 1.807) is 18.2 Å². The molecule has 0 saturated carbocycles. The monoisotopic (exact) mass is 286 g/mol. The van der Waals surface area contributed by atoms with Crippen molar-refractivity contribution in [1.29, 1.82) is 0 Å². The molecule has 88 valence electrons. The topological polar surface area (TPSA) is 54.4 Å². The number of carbonyl (C=O) groups is 2. The second kappa shape index (κ2) is 5.06. The normalized spacial score (nSPS) is 28.1. The van der Waals surface area contributed by atoms with Gasteiger partial charge in [-0.1, -0.05) is 47.5 Å². The van der Waals surface area contributed by atoms with Crippen molar-refractivity contribution >= 4 is 28.5 Å². The lowest BCUT2D eigenvalue weighted by Crippen LogP contribution is -2.50. The first kappa shape index (κ1) is 13.3. The molecule has 0 aliphatic heterocycles. The van der Waals surface area contributed by atoms with Gasteiger partial charge in [-0.2, -0.15) is 0 Å². The molecule has 0 heterocycles. The first-order valence-electron chi connectivity index (χ1n) is 5.23. The number of halogens is 1. The van der Waals surface area contributed by atoms with Crippen LogP contribution in [0.5, 0.6) is 0 Å². The van der Waals surface area contributed by atoms with E-state index in [0.29, 0.717) is 25.4 Å². The Labute approximate surface area is 103 Å². The van der Waals surface area contributed by atoms with Crippen LogP contribution >= 0.6 is 15.9 Å². The van der Waals surface area contributed by atoms with E-state index in [2.05, 4.69) is 15.9 Å². The fourth-order valence-electron chi connectivity index (χ4n) is 1.92. The van der Waals surface area contributed by atoms with Gasteiger partial charge in [0.15, 0.2) is 6.29 Å². The van der Waals surface area contributed by atoms with E-state index in [4.69, 9.17) is 0 Å². The first-order chi connectivity index (χ1) is 7.53. The van der Waals surface area contributed by atoms with Crippen molar-refractivity contribution < 1.29 is 14.7 Å². The summed E-state index contributed by atoms with van der Waals surface area (Å²) in [6, 6.07) is 0. The van der Waals surface area contributed by atoms with Crippen LogP contribution in [0.4, 0.5) is 0 Å². The zero-order chi connectivity index (χ0) is 12.2. The van der Waals surface area contributed by atoms with Gasteiger partial charge in [-0.05, 0) is 12.8 Å². The van der Waals surface area contributed by atoms with Crippen molar-refractivity contribution in [2.24, 2.45) is 5.41 Å². The quantitative estimate of drug-likeness (QED) is 0.788. The molecule has 4 heteroatoms. The number of aldehydes is 2. The summed E-state index contributed by atoms with van der Waals surface area (Å²) >= 11 is 3.29. The van der Waals surface area contributed by atoms with Crippen molar-refractivity contribution in [1.82, 2.24) is 0 Å². The SMILES string of the molecule is CCC[C@](O)(C=O)[C@]1(C=O)C=CC(Br)=CC1. The lowest BCUT2D eigenvalue weighted by molar-refractivity contribution is -0.144. The molecule has 0 aromatic carbocycles. The van der Waals surface area contributed by atoms with Crippen LogP contribution in [0, 0.1) is 5.41 Å². The molecular weight excluding hydrogens is 272 g/mol. The molecule has 0 aromatic rings. The predicted octanol–water partition coefficient (Wildman–Crippen LogP) is 2.14. The number of hydrogen-bond acceptors (Lipinski definition) is 3. The van der Waals surface area contributed by atoms with E-state index in [9.17, 15) is 14.7 Å². The minimum Gasteiger partial charge on any atom is -0.381 e. The van der Waals surface area contributed by atoms with Gasteiger partial charge in [0.1, 0.15) is 11.9 Å². The van der Waals surface area contributed by atoms with Crippen LogP contribution in [0.3, 0.4) is 0 Å². The molecule has 2 atom stereocenters. The second-order valence-corrected chi connectivity index (χ2v) is 4.99. The molecule has 0 saturated heterocycles. The maximum Gasteiger partial charge on any atom is 0.152 e. The molecule has 1 aliphatic rings. The maximum absolute atomic E-state index is 11.3. The highest BCUT2D eigenvalue weighted by molar-refractivity contribution is 9.11. The second-order valence-electron chi connectivity index (χ2n) is 4.08. The zero-order valence-electron chi connectivity index (χ0n) is 9.15. The van der Waals surface area contributed by atoms with E-state index in [0.717, 1.165) is 4.48 Å². The third kappa shape index (κ3) is 2.18. The van der Waals surface area contributed by atoms with Gasteiger partial charge in [-0.15, -0.1) is 0 Å². The Morgan fingerprint density at radius 3 is 2.69 bits per heavy atom. The summed E-state index contributed by atoms with van der Waals surface area (Å²) in [5, 5.41) is 10.3. The Morgan fingerprint density at radius 2 is 2.31 bits per heavy atom. The Balaban J connectivity index is 3.10. The van der Waals surface area contributed by atoms with Gasteiger partial charge in [-0.3, -0.25) is 0 Å². The van der Waals surface area contributed by atoms with E-state index >= 15 is 0 Å². The Morgan fingerprint density at radius 1 is 1.62 bits per heavy atom. The minimum atomic E-state index is -1.61. The average molecular weight is 287 g/mol. The standard InChI is InChI=1S/C12H15BrO3/c1-2-5-12(16,9-15)11(8-14)6-3-10(13)4-7-11/h3-4,6,8-9,16H,2,5,7H2,1H3/t11-,12+/m1/s1. The van der Waals surface area contributed by atoms with Gasteiger partial charge in [-0.25, -0.2) is 0 Å². The summed E-state index contributed by atoms with van der Waals surface area (Å²) in [7, 11) is 0. The molecule has 0 amide bonds. The van der Waals surface area contributed by atoms with Crippen LogP contribution in [0.25, 0.3) is 0 Å². The average Bonchev–Trinajstić information content (AvgIpc) is 2.30. The smallest absolute Gasteiger partial charge is 0.152 e. The molecule has 0 spiro atoms. The van der Waals surface area contributed by atoms with Crippen molar-refractivity contribution in [2.45, 2.75) is 31.8 Å². The van der Waals surface area contributed by atoms with Gasteiger partial charge in [0, 0.05) is 4.48 Å². The molecule has 0 radical (unpaired) electrons. The highest BCUT2D eigenvalue weighted by Gasteiger charge is 2.48. The van der Waals surface area contributed by atoms with E-state index in [1.807, 2.05) is 6.92 Å². The summed E-state index contributed by atoms with van der Waals surface area (Å²) in [5.41, 5.74) is -2.73. The van der Waals surface area contributed by atoms with Crippen LogP contribution in [0.1, 0.15) is 26.2 Å². The van der Waals surface area contributed by atoms with E-state index < -0.39 is 11.0 Å². The molecule has 1 aliphatic carbocycles. The molecule has 0 fully saturated rings. The lowest BCUT2D eigenvalue weighted by atomic mass is 9.67. The van der Waals surface area contributed by atoms with Gasteiger partial charge >= 0.3 is 0 Å². The Kier molecular flexibility index (Phi) is 4.21. The summed E-state index contributed by atoms with van der Waals surface area (Å²) in [5.74, 6) is 0. The molecule has 0 unspecified atom stereocenters. The zero-order valence-corrected chi connectivity index (χ0v) is 10.7. The fourth-order valence-corrected chi connectivity index (χ4v) is 2.22. The summed E-state index contributed by atoms with van der Waals surface area (Å²) in [6.07, 6.45) is 7.51. The predicted molar refractivity (Wildman–Crippen MR) is 65.2 cm³/mol. The minimum absolute atomic E-state index is 0.283. The van der Waals surface area contributed by atoms with Crippen LogP contribution in [-0.4, -0.2) is 23.3 Å². The third-order valence-corrected chi connectivity index (χ3v) is 3.61. The number of hydrogen-bond donors (Lipinski definition) is 1. The van der Waals surface area contributed by atoms with Crippen molar-refractivity contribution in [3.05, 3.63) is 22.7 Å². The van der Waals surface area contributed by atoms with E-state index in [-0.39, 0.29) is 6.42 Å². The molecule has 16 heavy (non-hydrogen) atoms. The number of rotatable bonds is 5. The van der Waals surface area contributed by atoms with Crippen LogP contribution in [0.15, 0.2) is 22.7 Å². The molecule has 3 nitrogen and oxygen atoms in total. The molecule has 0 bridgehead atoms. The number of aliphatic hydroxyl groups is 1. The van der Waals surface area contributed by atoms with Gasteiger partial charge in [0.05, 0.1) is 5.41 Å². The van der Waals surface area contributed by atoms with Crippen LogP contribution in [0.2, 0.25) is 0 Å². The summed E-state index contributed by atoms with van der Waals surface area (Å²) in [4.78, 5) is 22.3. The van der Waals surface area contributed by atoms with Gasteiger partial charge in [0.2, 0.25) is 0 Å². The molecule has 1 N–H and O–H groups in total. The highest BCUT2D eigenvalue weighted by atomic mass is 79.9. The third-order valence-electron chi connectivity index (χ3n) is 3.02. The van der Waals surface area contributed by atoms with Crippen LogP contribution in [-0.2, 0) is 9.59 Å². The molecular formula is C12H15BrO3.